The summed E-state index contributed by atoms with van der Waals surface area (Å²) in [7, 11) is 0. The van der Waals surface area contributed by atoms with Gasteiger partial charge >= 0.3 is 5.97 Å². The summed E-state index contributed by atoms with van der Waals surface area (Å²) in [5, 5.41) is 2.60. The van der Waals surface area contributed by atoms with E-state index < -0.39 is 5.97 Å². The van der Waals surface area contributed by atoms with Gasteiger partial charge in [0.1, 0.15) is 0 Å². The SMILES string of the molecule is CCOc1ccc(NC(C)=O)cc1OC(C)=O. The molecule has 1 N–H and O–H groups in total. The lowest BCUT2D eigenvalue weighted by Crippen LogP contribution is -2.08. The predicted octanol–water partition coefficient (Wildman–Crippen LogP) is 1.97. The normalized spacial score (nSPS) is 9.59. The van der Waals surface area contributed by atoms with E-state index in [1.807, 2.05) is 6.92 Å². The Kier molecular flexibility index (Phi) is 4.51. The molecule has 0 aliphatic carbocycles. The quantitative estimate of drug-likeness (QED) is 0.642. The molecule has 0 aliphatic rings. The summed E-state index contributed by atoms with van der Waals surface area (Å²) < 4.78 is 10.3. The van der Waals surface area contributed by atoms with Crippen LogP contribution in [0.2, 0.25) is 0 Å². The van der Waals surface area contributed by atoms with E-state index in [4.69, 9.17) is 9.47 Å². The van der Waals surface area contributed by atoms with Gasteiger partial charge in [-0.2, -0.15) is 0 Å². The molecule has 1 amide bonds. The third kappa shape index (κ3) is 4.14. The van der Waals surface area contributed by atoms with Crippen LogP contribution in [0.5, 0.6) is 11.5 Å². The molecule has 0 bridgehead atoms. The molecule has 1 rings (SSSR count). The summed E-state index contributed by atoms with van der Waals surface area (Å²) in [5.74, 6) is 0.135. The summed E-state index contributed by atoms with van der Waals surface area (Å²) in [6, 6.07) is 4.88. The van der Waals surface area contributed by atoms with Crippen molar-refractivity contribution in [2.75, 3.05) is 11.9 Å². The lowest BCUT2D eigenvalue weighted by atomic mass is 10.2. The highest BCUT2D eigenvalue weighted by molar-refractivity contribution is 5.89. The number of nitrogens with one attached hydrogen (secondary N) is 1. The van der Waals surface area contributed by atoms with Crippen LogP contribution in [0.3, 0.4) is 0 Å². The van der Waals surface area contributed by atoms with Crippen LogP contribution in [0.1, 0.15) is 20.8 Å². The van der Waals surface area contributed by atoms with Crippen molar-refractivity contribution in [3.8, 4) is 11.5 Å². The molecule has 0 aromatic heterocycles. The van der Waals surface area contributed by atoms with Crippen molar-refractivity contribution in [3.63, 3.8) is 0 Å². The summed E-state index contributed by atoms with van der Waals surface area (Å²) >= 11 is 0. The number of esters is 1. The van der Waals surface area contributed by atoms with Gasteiger partial charge in [0.2, 0.25) is 5.91 Å². The molecule has 0 fully saturated rings. The molecule has 1 aromatic carbocycles. The van der Waals surface area contributed by atoms with Gasteiger partial charge in [0.05, 0.1) is 6.61 Å². The van der Waals surface area contributed by atoms with E-state index in [1.165, 1.54) is 13.8 Å². The van der Waals surface area contributed by atoms with E-state index in [9.17, 15) is 9.59 Å². The average Bonchev–Trinajstić information content (AvgIpc) is 2.20. The van der Waals surface area contributed by atoms with Crippen molar-refractivity contribution >= 4 is 17.6 Å². The van der Waals surface area contributed by atoms with Crippen molar-refractivity contribution < 1.29 is 19.1 Å². The number of carbonyl (C=O) groups is 2. The molecule has 1 aromatic rings. The smallest absolute Gasteiger partial charge is 0.308 e. The number of amides is 1. The van der Waals surface area contributed by atoms with Crippen LogP contribution < -0.4 is 14.8 Å². The minimum absolute atomic E-state index is 0.192. The molecule has 0 spiro atoms. The minimum atomic E-state index is -0.439. The zero-order chi connectivity index (χ0) is 12.8. The van der Waals surface area contributed by atoms with E-state index in [0.29, 0.717) is 23.8 Å². The molecule has 0 saturated carbocycles. The molecule has 0 atom stereocenters. The van der Waals surface area contributed by atoms with Crippen LogP contribution in [0.15, 0.2) is 18.2 Å². The summed E-state index contributed by atoms with van der Waals surface area (Å²) in [5.41, 5.74) is 0.553. The maximum atomic E-state index is 10.9. The number of ether oxygens (including phenoxy) is 2. The average molecular weight is 237 g/mol. The fourth-order valence-electron chi connectivity index (χ4n) is 1.30. The zero-order valence-electron chi connectivity index (χ0n) is 10.1. The van der Waals surface area contributed by atoms with Crippen LogP contribution in [0.25, 0.3) is 0 Å². The number of carbonyl (C=O) groups excluding carboxylic acids is 2. The van der Waals surface area contributed by atoms with Crippen molar-refractivity contribution in [1.29, 1.82) is 0 Å². The summed E-state index contributed by atoms with van der Waals surface area (Å²) in [4.78, 5) is 21.8. The zero-order valence-corrected chi connectivity index (χ0v) is 10.1. The Morgan fingerprint density at radius 3 is 2.47 bits per heavy atom. The fourth-order valence-corrected chi connectivity index (χ4v) is 1.30. The van der Waals surface area contributed by atoms with Gasteiger partial charge in [0.25, 0.3) is 0 Å². The van der Waals surface area contributed by atoms with Crippen molar-refractivity contribution in [1.82, 2.24) is 0 Å². The summed E-state index contributed by atoms with van der Waals surface area (Å²) in [6.45, 7) is 5.01. The van der Waals surface area contributed by atoms with Crippen LogP contribution in [0.4, 0.5) is 5.69 Å². The molecule has 0 unspecified atom stereocenters. The maximum Gasteiger partial charge on any atom is 0.308 e. The molecule has 5 nitrogen and oxygen atoms in total. The first-order valence-electron chi connectivity index (χ1n) is 5.25. The molecule has 0 heterocycles. The Balaban J connectivity index is 3.00. The van der Waals surface area contributed by atoms with Crippen LogP contribution >= 0.6 is 0 Å². The second-order valence-corrected chi connectivity index (χ2v) is 3.37. The summed E-state index contributed by atoms with van der Waals surface area (Å²) in [6.07, 6.45) is 0. The van der Waals surface area contributed by atoms with Gasteiger partial charge < -0.3 is 14.8 Å². The van der Waals surface area contributed by atoms with Crippen molar-refractivity contribution in [2.24, 2.45) is 0 Å². The Hall–Kier alpha value is -2.04. The van der Waals surface area contributed by atoms with Gasteiger partial charge in [0.15, 0.2) is 11.5 Å². The van der Waals surface area contributed by atoms with Gasteiger partial charge in [-0.25, -0.2) is 0 Å². The highest BCUT2D eigenvalue weighted by atomic mass is 16.6. The van der Waals surface area contributed by atoms with Crippen LogP contribution in [-0.2, 0) is 9.59 Å². The Labute approximate surface area is 99.7 Å². The first-order valence-corrected chi connectivity index (χ1v) is 5.25. The number of hydrogen-bond donors (Lipinski definition) is 1. The van der Waals surface area contributed by atoms with Crippen molar-refractivity contribution in [3.05, 3.63) is 18.2 Å². The molecular weight excluding hydrogens is 222 g/mol. The second-order valence-electron chi connectivity index (χ2n) is 3.37. The van der Waals surface area contributed by atoms with Crippen molar-refractivity contribution in [2.45, 2.75) is 20.8 Å². The third-order valence-corrected chi connectivity index (χ3v) is 1.82. The third-order valence-electron chi connectivity index (χ3n) is 1.82. The predicted molar refractivity (Wildman–Crippen MR) is 63.2 cm³/mol. The highest BCUT2D eigenvalue weighted by Crippen LogP contribution is 2.30. The molecule has 0 radical (unpaired) electrons. The van der Waals surface area contributed by atoms with Gasteiger partial charge in [-0.1, -0.05) is 0 Å². The van der Waals surface area contributed by atoms with Crippen LogP contribution in [-0.4, -0.2) is 18.5 Å². The first-order chi connectivity index (χ1) is 8.02. The van der Waals surface area contributed by atoms with Gasteiger partial charge in [0, 0.05) is 25.6 Å². The van der Waals surface area contributed by atoms with E-state index in [2.05, 4.69) is 5.32 Å². The van der Waals surface area contributed by atoms with Gasteiger partial charge in [-0.3, -0.25) is 9.59 Å². The van der Waals surface area contributed by atoms with E-state index in [1.54, 1.807) is 18.2 Å². The molecular formula is C12H15NO4. The maximum absolute atomic E-state index is 10.9. The number of anilines is 1. The molecule has 92 valence electrons. The topological polar surface area (TPSA) is 64.6 Å². The van der Waals surface area contributed by atoms with E-state index in [-0.39, 0.29) is 5.91 Å². The highest BCUT2D eigenvalue weighted by Gasteiger charge is 2.09. The largest absolute Gasteiger partial charge is 0.490 e. The van der Waals surface area contributed by atoms with Crippen LogP contribution in [0, 0.1) is 0 Å². The standard InChI is InChI=1S/C12H15NO4/c1-4-16-11-6-5-10(13-8(2)14)7-12(11)17-9(3)15/h5-7H,4H2,1-3H3,(H,13,14). The molecule has 0 saturated heterocycles. The second kappa shape index (κ2) is 5.89. The first kappa shape index (κ1) is 13.0. The lowest BCUT2D eigenvalue weighted by molar-refractivity contribution is -0.132. The number of rotatable bonds is 4. The van der Waals surface area contributed by atoms with E-state index in [0.717, 1.165) is 0 Å². The number of hydrogen-bond acceptors (Lipinski definition) is 4. The van der Waals surface area contributed by atoms with Gasteiger partial charge in [-0.05, 0) is 19.1 Å². The fraction of sp³-hybridized carbons (Fsp3) is 0.333. The Morgan fingerprint density at radius 1 is 1.24 bits per heavy atom. The molecule has 5 heteroatoms. The number of benzene rings is 1. The van der Waals surface area contributed by atoms with E-state index >= 15 is 0 Å². The molecule has 0 aliphatic heterocycles. The minimum Gasteiger partial charge on any atom is -0.490 e. The Bertz CT molecular complexity index is 429. The lowest BCUT2D eigenvalue weighted by Gasteiger charge is -2.11. The Morgan fingerprint density at radius 2 is 1.94 bits per heavy atom. The van der Waals surface area contributed by atoms with Gasteiger partial charge in [-0.15, -0.1) is 0 Å². The monoisotopic (exact) mass is 237 g/mol. The molecule has 17 heavy (non-hydrogen) atoms.